The fraction of sp³-hybridized carbons (Fsp3) is 0.353. The van der Waals surface area contributed by atoms with E-state index in [9.17, 15) is 14.7 Å². The molecule has 132 valence electrons. The first kappa shape index (κ1) is 17.3. The number of rotatable bonds is 4. The molecule has 1 aromatic carbocycles. The number of carbonyl (C=O) groups excluding carboxylic acids is 1. The summed E-state index contributed by atoms with van der Waals surface area (Å²) in [5.74, 6) is -0.841. The number of halogens is 1. The van der Waals surface area contributed by atoms with Crippen LogP contribution >= 0.6 is 11.6 Å². The molecule has 2 aromatic rings. The highest BCUT2D eigenvalue weighted by molar-refractivity contribution is 6.30. The molecule has 0 radical (unpaired) electrons. The minimum atomic E-state index is -1.20. The van der Waals surface area contributed by atoms with Gasteiger partial charge in [-0.05, 0) is 44.0 Å². The van der Waals surface area contributed by atoms with Crippen molar-refractivity contribution in [3.05, 3.63) is 41.2 Å². The van der Waals surface area contributed by atoms with Gasteiger partial charge < -0.3 is 15.2 Å². The van der Waals surface area contributed by atoms with E-state index in [4.69, 9.17) is 16.3 Å². The predicted octanol–water partition coefficient (Wildman–Crippen LogP) is 2.55. The minimum Gasteiger partial charge on any atom is -0.492 e. The second kappa shape index (κ2) is 6.40. The average molecular weight is 364 g/mol. The normalized spacial score (nSPS) is 16.7. The molecular weight excluding hydrogens is 346 g/mol. The standard InChI is InChI=1S/C17H18ClN3O4/c1-17(2,16(23)24)21-8-13(7-19-21)20-15(22)11-5-10-6-12(18)3-4-14(10)25-9-11/h3-4,6-8,11H,5,9H2,1-2H3,(H,20,22)(H,23,24). The van der Waals surface area contributed by atoms with Crippen molar-refractivity contribution in [3.63, 3.8) is 0 Å². The van der Waals surface area contributed by atoms with Crippen LogP contribution in [0.1, 0.15) is 19.4 Å². The smallest absolute Gasteiger partial charge is 0.331 e. The van der Waals surface area contributed by atoms with E-state index < -0.39 is 11.5 Å². The molecule has 1 amide bonds. The lowest BCUT2D eigenvalue weighted by molar-refractivity contribution is -0.146. The van der Waals surface area contributed by atoms with Crippen molar-refractivity contribution in [1.29, 1.82) is 0 Å². The maximum atomic E-state index is 12.5. The van der Waals surface area contributed by atoms with Gasteiger partial charge in [-0.2, -0.15) is 5.10 Å². The summed E-state index contributed by atoms with van der Waals surface area (Å²) in [7, 11) is 0. The Labute approximate surface area is 149 Å². The van der Waals surface area contributed by atoms with E-state index >= 15 is 0 Å². The van der Waals surface area contributed by atoms with Crippen molar-refractivity contribution in [2.75, 3.05) is 11.9 Å². The van der Waals surface area contributed by atoms with E-state index in [0.717, 1.165) is 11.3 Å². The number of nitrogens with zero attached hydrogens (tertiary/aromatic N) is 2. The molecule has 3 rings (SSSR count). The SMILES string of the molecule is CC(C)(C(=O)O)n1cc(NC(=O)C2COc3ccc(Cl)cc3C2)cn1. The number of fused-ring (bicyclic) bond motifs is 1. The number of hydrogen-bond donors (Lipinski definition) is 2. The Balaban J connectivity index is 1.69. The van der Waals surface area contributed by atoms with Crippen LogP contribution in [-0.2, 0) is 21.5 Å². The first-order chi connectivity index (χ1) is 11.8. The van der Waals surface area contributed by atoms with Crippen molar-refractivity contribution in [2.24, 2.45) is 5.92 Å². The van der Waals surface area contributed by atoms with Crippen molar-refractivity contribution in [3.8, 4) is 5.75 Å². The lowest BCUT2D eigenvalue weighted by atomic mass is 9.96. The molecule has 2 N–H and O–H groups in total. The van der Waals surface area contributed by atoms with Gasteiger partial charge in [-0.25, -0.2) is 4.79 Å². The highest BCUT2D eigenvalue weighted by Crippen LogP contribution is 2.30. The maximum absolute atomic E-state index is 12.5. The Hall–Kier alpha value is -2.54. The first-order valence-electron chi connectivity index (χ1n) is 7.78. The van der Waals surface area contributed by atoms with Crippen molar-refractivity contribution >= 4 is 29.2 Å². The summed E-state index contributed by atoms with van der Waals surface area (Å²) in [5, 5.41) is 16.6. The van der Waals surface area contributed by atoms with Crippen molar-refractivity contribution < 1.29 is 19.4 Å². The van der Waals surface area contributed by atoms with Gasteiger partial charge in [-0.1, -0.05) is 11.6 Å². The predicted molar refractivity (Wildman–Crippen MR) is 92.0 cm³/mol. The van der Waals surface area contributed by atoms with Crippen molar-refractivity contribution in [2.45, 2.75) is 25.8 Å². The largest absolute Gasteiger partial charge is 0.492 e. The molecule has 0 saturated heterocycles. The highest BCUT2D eigenvalue weighted by atomic mass is 35.5. The summed E-state index contributed by atoms with van der Waals surface area (Å²) in [4.78, 5) is 23.7. The molecule has 2 heterocycles. The number of ether oxygens (including phenoxy) is 1. The molecule has 1 unspecified atom stereocenters. The summed E-state index contributed by atoms with van der Waals surface area (Å²) in [6, 6.07) is 5.34. The van der Waals surface area contributed by atoms with E-state index in [2.05, 4.69) is 10.4 Å². The van der Waals surface area contributed by atoms with Gasteiger partial charge in [0.15, 0.2) is 5.54 Å². The Morgan fingerprint density at radius 3 is 2.92 bits per heavy atom. The average Bonchev–Trinajstić information content (AvgIpc) is 3.03. The lowest BCUT2D eigenvalue weighted by Crippen LogP contribution is -2.36. The number of hydrogen-bond acceptors (Lipinski definition) is 4. The molecule has 7 nitrogen and oxygen atoms in total. The van der Waals surface area contributed by atoms with Crippen LogP contribution in [0.3, 0.4) is 0 Å². The molecule has 0 spiro atoms. The van der Waals surface area contributed by atoms with Gasteiger partial charge in [0.1, 0.15) is 12.4 Å². The molecular formula is C17H18ClN3O4. The van der Waals surface area contributed by atoms with E-state index in [1.807, 2.05) is 0 Å². The third kappa shape index (κ3) is 3.46. The van der Waals surface area contributed by atoms with Gasteiger partial charge in [0.2, 0.25) is 5.91 Å². The summed E-state index contributed by atoms with van der Waals surface area (Å²) >= 11 is 5.99. The van der Waals surface area contributed by atoms with Gasteiger partial charge in [0.25, 0.3) is 0 Å². The topological polar surface area (TPSA) is 93.5 Å². The Bertz CT molecular complexity index is 831. The monoisotopic (exact) mass is 363 g/mol. The zero-order valence-corrected chi connectivity index (χ0v) is 14.6. The van der Waals surface area contributed by atoms with E-state index in [1.54, 1.807) is 18.2 Å². The van der Waals surface area contributed by atoms with Crippen LogP contribution in [0.25, 0.3) is 0 Å². The molecule has 1 aromatic heterocycles. The summed E-state index contributed by atoms with van der Waals surface area (Å²) in [6.45, 7) is 3.34. The van der Waals surface area contributed by atoms with Crippen molar-refractivity contribution in [1.82, 2.24) is 9.78 Å². The second-order valence-electron chi connectivity index (χ2n) is 6.49. The Kier molecular flexibility index (Phi) is 4.43. The molecule has 1 aliphatic heterocycles. The summed E-state index contributed by atoms with van der Waals surface area (Å²) in [6.07, 6.45) is 3.45. The number of carbonyl (C=O) groups is 2. The lowest BCUT2D eigenvalue weighted by Gasteiger charge is -2.24. The first-order valence-corrected chi connectivity index (χ1v) is 8.16. The zero-order chi connectivity index (χ0) is 18.2. The van der Waals surface area contributed by atoms with E-state index in [0.29, 0.717) is 17.1 Å². The fourth-order valence-corrected chi connectivity index (χ4v) is 2.76. The molecule has 0 fully saturated rings. The number of nitrogens with one attached hydrogen (secondary N) is 1. The zero-order valence-electron chi connectivity index (χ0n) is 13.8. The number of aromatic nitrogens is 2. The number of carboxylic acid groups (broad SMARTS) is 1. The van der Waals surface area contributed by atoms with E-state index in [-0.39, 0.29) is 18.4 Å². The second-order valence-corrected chi connectivity index (χ2v) is 6.93. The third-order valence-corrected chi connectivity index (χ3v) is 4.48. The number of benzene rings is 1. The molecule has 25 heavy (non-hydrogen) atoms. The van der Waals surface area contributed by atoms with Gasteiger partial charge in [0, 0.05) is 11.2 Å². The molecule has 0 saturated carbocycles. The summed E-state index contributed by atoms with van der Waals surface area (Å²) < 4.78 is 6.93. The molecule has 0 aliphatic carbocycles. The van der Waals surface area contributed by atoms with Gasteiger partial charge in [0.05, 0.1) is 17.8 Å². The highest BCUT2D eigenvalue weighted by Gasteiger charge is 2.31. The number of anilines is 1. The van der Waals surface area contributed by atoms with Crippen LogP contribution in [0, 0.1) is 5.92 Å². The number of aliphatic carboxylic acids is 1. The van der Waals surface area contributed by atoms with Crippen LogP contribution in [-0.4, -0.2) is 33.4 Å². The number of amides is 1. The van der Waals surface area contributed by atoms with E-state index in [1.165, 1.54) is 30.9 Å². The Morgan fingerprint density at radius 1 is 1.44 bits per heavy atom. The fourth-order valence-electron chi connectivity index (χ4n) is 2.57. The van der Waals surface area contributed by atoms with Crippen LogP contribution in [0.4, 0.5) is 5.69 Å². The summed E-state index contributed by atoms with van der Waals surface area (Å²) in [5.41, 5.74) is 0.130. The molecule has 0 bridgehead atoms. The van der Waals surface area contributed by atoms with Gasteiger partial charge >= 0.3 is 5.97 Å². The molecule has 8 heteroatoms. The Morgan fingerprint density at radius 2 is 2.20 bits per heavy atom. The third-order valence-electron chi connectivity index (χ3n) is 4.25. The molecule has 1 atom stereocenters. The molecule has 1 aliphatic rings. The minimum absolute atomic E-state index is 0.210. The van der Waals surface area contributed by atoms with Crippen LogP contribution in [0.15, 0.2) is 30.6 Å². The maximum Gasteiger partial charge on any atom is 0.331 e. The number of carboxylic acids is 1. The quantitative estimate of drug-likeness (QED) is 0.870. The van der Waals surface area contributed by atoms with Crippen LogP contribution in [0.5, 0.6) is 5.75 Å². The van der Waals surface area contributed by atoms with Gasteiger partial charge in [-0.3, -0.25) is 9.48 Å². The van der Waals surface area contributed by atoms with Crippen LogP contribution in [0.2, 0.25) is 5.02 Å². The van der Waals surface area contributed by atoms with Gasteiger partial charge in [-0.15, -0.1) is 0 Å². The van der Waals surface area contributed by atoms with Crippen LogP contribution < -0.4 is 10.1 Å².